The molecule has 8 heteroatoms. The van der Waals surface area contributed by atoms with E-state index < -0.39 is 0 Å². The quantitative estimate of drug-likeness (QED) is 0.703. The van der Waals surface area contributed by atoms with Crippen LogP contribution in [0.3, 0.4) is 0 Å². The standard InChI is InChI=1S/C17H20FN5O2/c1-10-4-5-12(9-13(10)18)17-21-16(25-23-17)7-6-15-20-14(22-24-15)8-11(2)19-3/h4-5,9,11,19H,6-8H2,1-3H3. The molecule has 1 N–H and O–H groups in total. The Morgan fingerprint density at radius 1 is 1.12 bits per heavy atom. The molecule has 0 amide bonds. The second kappa shape index (κ2) is 7.52. The van der Waals surface area contributed by atoms with Crippen molar-refractivity contribution in [3.05, 3.63) is 47.2 Å². The first kappa shape index (κ1) is 17.2. The molecule has 25 heavy (non-hydrogen) atoms. The van der Waals surface area contributed by atoms with Crippen molar-refractivity contribution >= 4 is 0 Å². The number of halogens is 1. The minimum absolute atomic E-state index is 0.277. The summed E-state index contributed by atoms with van der Waals surface area (Å²) in [5.41, 5.74) is 1.16. The fraction of sp³-hybridized carbons (Fsp3) is 0.412. The van der Waals surface area contributed by atoms with E-state index in [1.165, 1.54) is 6.07 Å². The Hall–Kier alpha value is -2.61. The zero-order valence-corrected chi connectivity index (χ0v) is 14.4. The smallest absolute Gasteiger partial charge is 0.227 e. The average molecular weight is 345 g/mol. The number of rotatable bonds is 7. The molecule has 3 rings (SSSR count). The lowest BCUT2D eigenvalue weighted by atomic mass is 10.1. The van der Waals surface area contributed by atoms with Crippen molar-refractivity contribution in [2.75, 3.05) is 7.05 Å². The van der Waals surface area contributed by atoms with Gasteiger partial charge in [-0.1, -0.05) is 22.4 Å². The van der Waals surface area contributed by atoms with E-state index in [-0.39, 0.29) is 11.9 Å². The van der Waals surface area contributed by atoms with Crippen LogP contribution >= 0.6 is 0 Å². The van der Waals surface area contributed by atoms with Crippen LogP contribution in [0.2, 0.25) is 0 Å². The van der Waals surface area contributed by atoms with Gasteiger partial charge in [-0.2, -0.15) is 9.97 Å². The van der Waals surface area contributed by atoms with Crippen molar-refractivity contribution in [2.45, 2.75) is 39.2 Å². The summed E-state index contributed by atoms with van der Waals surface area (Å²) in [5, 5.41) is 11.0. The first-order valence-electron chi connectivity index (χ1n) is 8.13. The molecule has 132 valence electrons. The number of aryl methyl sites for hydroxylation is 3. The van der Waals surface area contributed by atoms with Crippen molar-refractivity contribution in [1.29, 1.82) is 0 Å². The first-order valence-corrected chi connectivity index (χ1v) is 8.13. The molecule has 0 aliphatic heterocycles. The number of nitrogens with zero attached hydrogens (tertiary/aromatic N) is 4. The summed E-state index contributed by atoms with van der Waals surface area (Å²) in [6.07, 6.45) is 1.68. The third kappa shape index (κ3) is 4.27. The van der Waals surface area contributed by atoms with Gasteiger partial charge in [0.05, 0.1) is 0 Å². The number of hydrogen-bond acceptors (Lipinski definition) is 7. The van der Waals surface area contributed by atoms with Gasteiger partial charge in [-0.05, 0) is 32.5 Å². The Morgan fingerprint density at radius 2 is 1.84 bits per heavy atom. The third-order valence-electron chi connectivity index (χ3n) is 3.94. The van der Waals surface area contributed by atoms with E-state index >= 15 is 0 Å². The van der Waals surface area contributed by atoms with E-state index in [1.54, 1.807) is 19.1 Å². The topological polar surface area (TPSA) is 89.9 Å². The van der Waals surface area contributed by atoms with Crippen LogP contribution in [0, 0.1) is 12.7 Å². The summed E-state index contributed by atoms with van der Waals surface area (Å²) in [7, 11) is 1.89. The van der Waals surface area contributed by atoms with Gasteiger partial charge in [-0.3, -0.25) is 0 Å². The van der Waals surface area contributed by atoms with Crippen LogP contribution in [-0.4, -0.2) is 33.4 Å². The van der Waals surface area contributed by atoms with Gasteiger partial charge in [0.2, 0.25) is 17.6 Å². The zero-order chi connectivity index (χ0) is 17.8. The molecule has 0 bridgehead atoms. The Bertz CT molecular complexity index is 845. The molecule has 0 fully saturated rings. The van der Waals surface area contributed by atoms with Gasteiger partial charge < -0.3 is 14.4 Å². The van der Waals surface area contributed by atoms with Crippen LogP contribution in [0.5, 0.6) is 0 Å². The van der Waals surface area contributed by atoms with E-state index in [2.05, 4.69) is 25.6 Å². The molecule has 0 saturated carbocycles. The van der Waals surface area contributed by atoms with Gasteiger partial charge in [0.15, 0.2) is 5.82 Å². The van der Waals surface area contributed by atoms with Gasteiger partial charge in [-0.25, -0.2) is 4.39 Å². The van der Waals surface area contributed by atoms with Crippen LogP contribution in [0.15, 0.2) is 27.2 Å². The number of hydrogen-bond donors (Lipinski definition) is 1. The molecule has 2 heterocycles. The highest BCUT2D eigenvalue weighted by Crippen LogP contribution is 2.19. The van der Waals surface area contributed by atoms with Crippen LogP contribution in [-0.2, 0) is 19.3 Å². The summed E-state index contributed by atoms with van der Waals surface area (Å²) < 4.78 is 24.1. The van der Waals surface area contributed by atoms with Gasteiger partial charge in [0.25, 0.3) is 0 Å². The fourth-order valence-electron chi connectivity index (χ4n) is 2.27. The van der Waals surface area contributed by atoms with Crippen molar-refractivity contribution in [3.63, 3.8) is 0 Å². The molecule has 1 unspecified atom stereocenters. The normalized spacial score (nSPS) is 12.5. The summed E-state index contributed by atoms with van der Waals surface area (Å²) >= 11 is 0. The number of nitrogens with one attached hydrogen (secondary N) is 1. The zero-order valence-electron chi connectivity index (χ0n) is 14.4. The van der Waals surface area contributed by atoms with E-state index in [0.29, 0.717) is 53.8 Å². The first-order chi connectivity index (χ1) is 12.0. The molecular formula is C17H20FN5O2. The highest BCUT2D eigenvalue weighted by molar-refractivity contribution is 5.54. The van der Waals surface area contributed by atoms with E-state index in [1.807, 2.05) is 14.0 Å². The largest absolute Gasteiger partial charge is 0.339 e. The predicted molar refractivity (Wildman–Crippen MR) is 88.4 cm³/mol. The summed E-state index contributed by atoms with van der Waals surface area (Å²) in [5.74, 6) is 1.71. The number of likely N-dealkylation sites (N-methyl/N-ethyl adjacent to an activating group) is 1. The third-order valence-corrected chi connectivity index (χ3v) is 3.94. The molecule has 0 aliphatic carbocycles. The minimum atomic E-state index is -0.293. The van der Waals surface area contributed by atoms with Crippen LogP contribution in [0.1, 0.15) is 30.1 Å². The Labute approximate surface area is 144 Å². The lowest BCUT2D eigenvalue weighted by molar-refractivity contribution is 0.351. The molecule has 0 saturated heterocycles. The van der Waals surface area contributed by atoms with E-state index in [0.717, 1.165) is 0 Å². The average Bonchev–Trinajstić information content (AvgIpc) is 3.24. The molecule has 0 aliphatic rings. The maximum absolute atomic E-state index is 13.6. The molecule has 0 spiro atoms. The SMILES string of the molecule is CNC(C)Cc1noc(CCc2nc(-c3ccc(C)c(F)c3)no2)n1. The highest BCUT2D eigenvalue weighted by Gasteiger charge is 2.13. The summed E-state index contributed by atoms with van der Waals surface area (Å²) in [6.45, 7) is 3.75. The van der Waals surface area contributed by atoms with Crippen molar-refractivity contribution < 1.29 is 13.4 Å². The summed E-state index contributed by atoms with van der Waals surface area (Å²) in [4.78, 5) is 8.63. The van der Waals surface area contributed by atoms with Crippen LogP contribution in [0.4, 0.5) is 4.39 Å². The molecule has 7 nitrogen and oxygen atoms in total. The minimum Gasteiger partial charge on any atom is -0.339 e. The van der Waals surface area contributed by atoms with Crippen molar-refractivity contribution in [2.24, 2.45) is 0 Å². The molecule has 2 aromatic heterocycles. The highest BCUT2D eigenvalue weighted by atomic mass is 19.1. The van der Waals surface area contributed by atoms with Gasteiger partial charge in [0.1, 0.15) is 5.82 Å². The van der Waals surface area contributed by atoms with Crippen molar-refractivity contribution in [3.8, 4) is 11.4 Å². The summed E-state index contributed by atoms with van der Waals surface area (Å²) in [6, 6.07) is 5.13. The number of benzene rings is 1. The number of aromatic nitrogens is 4. The Kier molecular flexibility index (Phi) is 5.18. The van der Waals surface area contributed by atoms with E-state index in [4.69, 9.17) is 9.05 Å². The molecule has 0 radical (unpaired) electrons. The monoisotopic (exact) mass is 345 g/mol. The molecule has 3 aromatic rings. The molecule has 1 aromatic carbocycles. The lowest BCUT2D eigenvalue weighted by Gasteiger charge is -2.04. The second-order valence-corrected chi connectivity index (χ2v) is 5.97. The second-order valence-electron chi connectivity index (χ2n) is 5.97. The van der Waals surface area contributed by atoms with Crippen LogP contribution in [0.25, 0.3) is 11.4 Å². The predicted octanol–water partition coefficient (Wildman–Crippen LogP) is 2.50. The maximum Gasteiger partial charge on any atom is 0.227 e. The Morgan fingerprint density at radius 3 is 2.56 bits per heavy atom. The molecular weight excluding hydrogens is 325 g/mol. The van der Waals surface area contributed by atoms with Gasteiger partial charge >= 0.3 is 0 Å². The van der Waals surface area contributed by atoms with Crippen LogP contribution < -0.4 is 5.32 Å². The fourth-order valence-corrected chi connectivity index (χ4v) is 2.27. The van der Waals surface area contributed by atoms with Crippen molar-refractivity contribution in [1.82, 2.24) is 25.6 Å². The molecule has 1 atom stereocenters. The lowest BCUT2D eigenvalue weighted by Crippen LogP contribution is -2.24. The van der Waals surface area contributed by atoms with E-state index in [9.17, 15) is 4.39 Å². The van der Waals surface area contributed by atoms with Gasteiger partial charge in [0, 0.05) is 30.9 Å². The van der Waals surface area contributed by atoms with Gasteiger partial charge in [-0.15, -0.1) is 0 Å². The maximum atomic E-state index is 13.6. The Balaban J connectivity index is 1.61.